The summed E-state index contributed by atoms with van der Waals surface area (Å²) in [5.41, 5.74) is -0.276. The molecule has 0 bridgehead atoms. The molecule has 2 aliphatic heterocycles. The number of H-pyrrole nitrogens is 1. The van der Waals surface area contributed by atoms with E-state index in [-0.39, 0.29) is 10.6 Å². The predicted molar refractivity (Wildman–Crippen MR) is 112 cm³/mol. The Morgan fingerprint density at radius 3 is 2.66 bits per heavy atom. The number of amides is 1. The molecular weight excluding hydrogens is 465 g/mol. The van der Waals surface area contributed by atoms with Crippen LogP contribution in [0.15, 0.2) is 58.4 Å². The van der Waals surface area contributed by atoms with Crippen LogP contribution < -0.4 is 14.9 Å². The van der Waals surface area contributed by atoms with Crippen LogP contribution >= 0.6 is 23.1 Å². The van der Waals surface area contributed by atoms with Gasteiger partial charge in [-0.25, -0.2) is 0 Å². The number of hydrogen-bond donors (Lipinski definition) is 2. The SMILES string of the molecule is O=C1Oc2ccccc2[C@H]2c3sc(=O)[nH]c3S[C@@H](C(=O)Nc3cccc(C(F)(F)F)c3)[C@H]12. The second-order valence-corrected chi connectivity index (χ2v) is 9.44. The second kappa shape index (κ2) is 7.52. The van der Waals surface area contributed by atoms with E-state index in [9.17, 15) is 27.6 Å². The average molecular weight is 478 g/mol. The lowest BCUT2D eigenvalue weighted by Gasteiger charge is -2.38. The van der Waals surface area contributed by atoms with Gasteiger partial charge >= 0.3 is 17.0 Å². The van der Waals surface area contributed by atoms with Crippen molar-refractivity contribution in [3.8, 4) is 5.75 Å². The number of nitrogens with one attached hydrogen (secondary N) is 2. The molecule has 3 aromatic rings. The Kier molecular flexibility index (Phi) is 4.90. The fourth-order valence-electron chi connectivity index (χ4n) is 3.96. The normalized spacial score (nSPS) is 21.7. The first-order chi connectivity index (χ1) is 15.2. The number of esters is 1. The number of ether oxygens (including phenoxy) is 1. The number of thioether (sulfide) groups is 1. The first-order valence-electron chi connectivity index (χ1n) is 9.41. The summed E-state index contributed by atoms with van der Waals surface area (Å²) in [6, 6.07) is 11.1. The van der Waals surface area contributed by atoms with Crippen LogP contribution in [0, 0.1) is 5.92 Å². The summed E-state index contributed by atoms with van der Waals surface area (Å²) in [6.45, 7) is 0. The van der Waals surface area contributed by atoms with Crippen molar-refractivity contribution in [3.05, 3.63) is 74.2 Å². The number of fused-ring (bicyclic) bond motifs is 5. The molecule has 0 aliphatic carbocycles. The number of para-hydroxylation sites is 1. The van der Waals surface area contributed by atoms with Crippen molar-refractivity contribution >= 4 is 40.7 Å². The average Bonchev–Trinajstić information content (AvgIpc) is 3.12. The largest absolute Gasteiger partial charge is 0.426 e. The Labute approximate surface area is 186 Å². The van der Waals surface area contributed by atoms with Gasteiger partial charge in [0.2, 0.25) is 5.91 Å². The molecule has 1 amide bonds. The molecule has 0 fully saturated rings. The first-order valence-corrected chi connectivity index (χ1v) is 11.1. The van der Waals surface area contributed by atoms with Gasteiger partial charge in [0.1, 0.15) is 11.0 Å². The maximum absolute atomic E-state index is 13.1. The standard InChI is InChI=1S/C21H13F3N2O4S2/c22-21(23,24)9-4-3-5-10(8-9)25-17(27)15-14-13(16-18(31-15)26-20(29)32-16)11-6-1-2-7-12(11)30-19(14)28/h1-8,13-15H,(H,25,27)(H,26,29)/t13-,14-,15-/m1/s1. The van der Waals surface area contributed by atoms with Gasteiger partial charge in [0, 0.05) is 22.0 Å². The summed E-state index contributed by atoms with van der Waals surface area (Å²) in [4.78, 5) is 41.1. The molecule has 11 heteroatoms. The quantitative estimate of drug-likeness (QED) is 0.425. The van der Waals surface area contributed by atoms with Crippen LogP contribution in [0.2, 0.25) is 0 Å². The molecule has 32 heavy (non-hydrogen) atoms. The molecule has 164 valence electrons. The summed E-state index contributed by atoms with van der Waals surface area (Å²) < 4.78 is 44.5. The van der Waals surface area contributed by atoms with E-state index >= 15 is 0 Å². The number of carbonyl (C=O) groups is 2. The summed E-state index contributed by atoms with van der Waals surface area (Å²) in [6.07, 6.45) is -4.56. The molecule has 0 saturated carbocycles. The third-order valence-electron chi connectivity index (χ3n) is 5.31. The monoisotopic (exact) mass is 478 g/mol. The van der Waals surface area contributed by atoms with Gasteiger partial charge in [-0.05, 0) is 24.3 Å². The van der Waals surface area contributed by atoms with Crippen molar-refractivity contribution in [2.75, 3.05) is 5.32 Å². The second-order valence-electron chi connectivity index (χ2n) is 7.28. The molecule has 3 heterocycles. The lowest BCUT2D eigenvalue weighted by Crippen LogP contribution is -2.46. The van der Waals surface area contributed by atoms with Gasteiger partial charge in [-0.15, -0.1) is 0 Å². The van der Waals surface area contributed by atoms with Crippen molar-refractivity contribution in [1.82, 2.24) is 4.98 Å². The van der Waals surface area contributed by atoms with Gasteiger partial charge in [-0.3, -0.25) is 14.4 Å². The third kappa shape index (κ3) is 3.51. The molecule has 1 aromatic heterocycles. The van der Waals surface area contributed by atoms with E-state index in [1.165, 1.54) is 12.1 Å². The zero-order valence-corrected chi connectivity index (χ0v) is 17.6. The topological polar surface area (TPSA) is 88.3 Å². The van der Waals surface area contributed by atoms with Crippen LogP contribution in [0.4, 0.5) is 18.9 Å². The number of aromatic amines is 1. The molecule has 2 aliphatic rings. The van der Waals surface area contributed by atoms with E-state index in [0.29, 0.717) is 21.2 Å². The van der Waals surface area contributed by atoms with Crippen LogP contribution in [-0.2, 0) is 15.8 Å². The highest BCUT2D eigenvalue weighted by molar-refractivity contribution is 8.00. The fraction of sp³-hybridized carbons (Fsp3) is 0.190. The Hall–Kier alpha value is -3.05. The lowest BCUT2D eigenvalue weighted by atomic mass is 9.80. The summed E-state index contributed by atoms with van der Waals surface area (Å²) >= 11 is 1.97. The fourth-order valence-corrected chi connectivity index (χ4v) is 6.42. The minimum atomic E-state index is -4.56. The Morgan fingerprint density at radius 2 is 1.88 bits per heavy atom. The van der Waals surface area contributed by atoms with Crippen molar-refractivity contribution in [2.24, 2.45) is 5.92 Å². The zero-order valence-electron chi connectivity index (χ0n) is 15.9. The maximum Gasteiger partial charge on any atom is 0.416 e. The maximum atomic E-state index is 13.1. The van der Waals surface area contributed by atoms with Crippen LogP contribution in [0.1, 0.15) is 21.9 Å². The van der Waals surface area contributed by atoms with E-state index in [4.69, 9.17) is 4.74 Å². The van der Waals surface area contributed by atoms with E-state index in [0.717, 1.165) is 35.2 Å². The minimum Gasteiger partial charge on any atom is -0.426 e. The number of alkyl halides is 3. The minimum absolute atomic E-state index is 0.0452. The highest BCUT2D eigenvalue weighted by Gasteiger charge is 2.51. The Morgan fingerprint density at radius 1 is 1.09 bits per heavy atom. The number of rotatable bonds is 2. The van der Waals surface area contributed by atoms with Gasteiger partial charge < -0.3 is 15.0 Å². The van der Waals surface area contributed by atoms with Gasteiger partial charge in [-0.1, -0.05) is 47.4 Å². The molecule has 6 nitrogen and oxygen atoms in total. The first kappa shape index (κ1) is 20.8. The molecule has 0 unspecified atom stereocenters. The number of halogens is 3. The third-order valence-corrected chi connectivity index (χ3v) is 7.72. The van der Waals surface area contributed by atoms with Crippen molar-refractivity contribution < 1.29 is 27.5 Å². The van der Waals surface area contributed by atoms with Gasteiger partial charge in [-0.2, -0.15) is 13.2 Å². The number of anilines is 1. The molecular formula is C21H13F3N2O4S2. The van der Waals surface area contributed by atoms with Gasteiger partial charge in [0.15, 0.2) is 0 Å². The van der Waals surface area contributed by atoms with Gasteiger partial charge in [0.05, 0.1) is 16.5 Å². The van der Waals surface area contributed by atoms with Gasteiger partial charge in [0.25, 0.3) is 0 Å². The van der Waals surface area contributed by atoms with Crippen molar-refractivity contribution in [3.63, 3.8) is 0 Å². The van der Waals surface area contributed by atoms with Crippen LogP contribution in [0.5, 0.6) is 5.75 Å². The molecule has 5 rings (SSSR count). The lowest BCUT2D eigenvalue weighted by molar-refractivity contribution is -0.142. The van der Waals surface area contributed by atoms with Crippen LogP contribution in [-0.4, -0.2) is 22.1 Å². The van der Waals surface area contributed by atoms with E-state index in [1.807, 2.05) is 0 Å². The number of thiazole rings is 1. The molecule has 0 saturated heterocycles. The van der Waals surface area contributed by atoms with E-state index in [1.54, 1.807) is 24.3 Å². The molecule has 2 aromatic carbocycles. The zero-order chi connectivity index (χ0) is 22.6. The van der Waals surface area contributed by atoms with Crippen molar-refractivity contribution in [2.45, 2.75) is 22.4 Å². The number of hydrogen-bond acceptors (Lipinski definition) is 6. The smallest absolute Gasteiger partial charge is 0.416 e. The Balaban J connectivity index is 1.54. The molecule has 0 radical (unpaired) electrons. The van der Waals surface area contributed by atoms with E-state index < -0.39 is 40.7 Å². The summed E-state index contributed by atoms with van der Waals surface area (Å²) in [7, 11) is 0. The number of carbonyl (C=O) groups excluding carboxylic acids is 2. The number of aromatic nitrogens is 1. The molecule has 2 N–H and O–H groups in total. The summed E-state index contributed by atoms with van der Waals surface area (Å²) in [5, 5.41) is 1.93. The van der Waals surface area contributed by atoms with Crippen LogP contribution in [0.25, 0.3) is 0 Å². The highest BCUT2D eigenvalue weighted by atomic mass is 32.2. The number of benzene rings is 2. The van der Waals surface area contributed by atoms with Crippen LogP contribution in [0.3, 0.4) is 0 Å². The van der Waals surface area contributed by atoms with Crippen molar-refractivity contribution in [1.29, 1.82) is 0 Å². The molecule has 3 atom stereocenters. The highest BCUT2D eigenvalue weighted by Crippen LogP contribution is 2.53. The summed E-state index contributed by atoms with van der Waals surface area (Å²) in [5.74, 6) is -2.45. The predicted octanol–water partition coefficient (Wildman–Crippen LogP) is 4.24. The Bertz CT molecular complexity index is 1300. The van der Waals surface area contributed by atoms with E-state index in [2.05, 4.69) is 10.3 Å². The molecule has 0 spiro atoms.